The topological polar surface area (TPSA) is 0 Å². The van der Waals surface area contributed by atoms with Gasteiger partial charge in [-0.1, -0.05) is 107 Å². The normalized spacial score (nSPS) is 14.2. The van der Waals surface area contributed by atoms with E-state index in [1.807, 2.05) is 0 Å². The molecule has 220 valence electrons. The molecule has 0 aliphatic rings. The summed E-state index contributed by atoms with van der Waals surface area (Å²) in [6, 6.07) is 9.04. The van der Waals surface area contributed by atoms with Crippen molar-refractivity contribution >= 4 is 35.7 Å². The van der Waals surface area contributed by atoms with E-state index in [0.717, 1.165) is 0 Å². The zero-order valence-corrected chi connectivity index (χ0v) is 28.8. The molecule has 0 heterocycles. The molecular formula is C40H48S2. The molecule has 2 aromatic rings. The Morgan fingerprint density at radius 1 is 0.452 bits per heavy atom. The molecular weight excluding hydrogens is 545 g/mol. The maximum atomic E-state index is 2.26. The number of rotatable bonds is 12. The Morgan fingerprint density at radius 2 is 0.738 bits per heavy atom. The molecule has 2 aromatic carbocycles. The predicted octanol–water partition coefficient (Wildman–Crippen LogP) is 12.5. The summed E-state index contributed by atoms with van der Waals surface area (Å²) >= 11 is 3.59. The van der Waals surface area contributed by atoms with Crippen molar-refractivity contribution in [3.8, 4) is 0 Å². The molecule has 0 amide bonds. The molecule has 0 aliphatic heterocycles. The van der Waals surface area contributed by atoms with Gasteiger partial charge in [0.15, 0.2) is 0 Å². The minimum atomic E-state index is 1.21. The molecule has 2 rings (SSSR count). The minimum absolute atomic E-state index is 1.21. The minimum Gasteiger partial charge on any atom is -0.130 e. The van der Waals surface area contributed by atoms with Gasteiger partial charge in [-0.25, -0.2) is 0 Å². The van der Waals surface area contributed by atoms with Crippen LogP contribution in [0.1, 0.15) is 61.1 Å². The van der Waals surface area contributed by atoms with Crippen molar-refractivity contribution in [3.05, 3.63) is 153 Å². The van der Waals surface area contributed by atoms with E-state index in [-0.39, 0.29) is 0 Å². The van der Waals surface area contributed by atoms with Gasteiger partial charge in [0.25, 0.3) is 0 Å². The second-order valence-electron chi connectivity index (χ2n) is 10.8. The first-order chi connectivity index (χ1) is 20.0. The molecule has 0 aliphatic carbocycles. The highest BCUT2D eigenvalue weighted by Gasteiger charge is 2.03. The summed E-state index contributed by atoms with van der Waals surface area (Å²) in [5.74, 6) is 0. The van der Waals surface area contributed by atoms with E-state index in [2.05, 4.69) is 177 Å². The van der Waals surface area contributed by atoms with E-state index < -0.39 is 0 Å². The SMILES string of the molecule is CSc1cc(C)c(/C=C/C(C)=C/C=C/C(C)=C/C=C/C=C(C)/C=C/C=C(C)/C=C/c2c(C)cc(SC)cc2C)c(C)c1. The second-order valence-corrected chi connectivity index (χ2v) is 12.5. The predicted molar refractivity (Wildman–Crippen MR) is 196 cm³/mol. The summed E-state index contributed by atoms with van der Waals surface area (Å²) in [4.78, 5) is 2.64. The third-order valence-electron chi connectivity index (χ3n) is 6.90. The summed E-state index contributed by atoms with van der Waals surface area (Å²) in [7, 11) is 0. The Kier molecular flexibility index (Phi) is 15.3. The van der Waals surface area contributed by atoms with Crippen LogP contribution in [-0.4, -0.2) is 12.5 Å². The zero-order valence-electron chi connectivity index (χ0n) is 27.2. The molecule has 2 heteroatoms. The molecule has 0 bridgehead atoms. The summed E-state index contributed by atoms with van der Waals surface area (Å²) in [6.45, 7) is 17.3. The molecule has 42 heavy (non-hydrogen) atoms. The van der Waals surface area contributed by atoms with Crippen LogP contribution in [0, 0.1) is 27.7 Å². The fraction of sp³-hybridized carbons (Fsp3) is 0.250. The van der Waals surface area contributed by atoms with Crippen LogP contribution in [-0.2, 0) is 0 Å². The van der Waals surface area contributed by atoms with Crippen LogP contribution in [0.15, 0.2) is 129 Å². The average molecular weight is 593 g/mol. The Labute approximate surface area is 265 Å². The summed E-state index contributed by atoms with van der Waals surface area (Å²) < 4.78 is 0. The van der Waals surface area contributed by atoms with Crippen LogP contribution in [0.4, 0.5) is 0 Å². The van der Waals surface area contributed by atoms with Gasteiger partial charge in [-0.15, -0.1) is 23.5 Å². The highest BCUT2D eigenvalue weighted by atomic mass is 32.2. The lowest BCUT2D eigenvalue weighted by Gasteiger charge is -2.08. The van der Waals surface area contributed by atoms with E-state index in [1.165, 1.54) is 65.5 Å². The van der Waals surface area contributed by atoms with Gasteiger partial charge in [0.1, 0.15) is 0 Å². The van der Waals surface area contributed by atoms with Crippen molar-refractivity contribution in [2.75, 3.05) is 12.5 Å². The van der Waals surface area contributed by atoms with Crippen LogP contribution in [0.3, 0.4) is 0 Å². The van der Waals surface area contributed by atoms with E-state index in [9.17, 15) is 0 Å². The fourth-order valence-corrected chi connectivity index (χ4v) is 5.58. The monoisotopic (exact) mass is 592 g/mol. The molecule has 0 aromatic heterocycles. The first kappa shape index (κ1) is 35.0. The van der Waals surface area contributed by atoms with Crippen molar-refractivity contribution < 1.29 is 0 Å². The second kappa shape index (κ2) is 18.4. The van der Waals surface area contributed by atoms with Crippen LogP contribution in [0.25, 0.3) is 12.2 Å². The molecule has 0 fully saturated rings. The van der Waals surface area contributed by atoms with E-state index in [4.69, 9.17) is 0 Å². The van der Waals surface area contributed by atoms with Crippen molar-refractivity contribution in [2.24, 2.45) is 0 Å². The fourth-order valence-electron chi connectivity index (χ4n) is 4.40. The first-order valence-electron chi connectivity index (χ1n) is 14.4. The largest absolute Gasteiger partial charge is 0.130 e. The van der Waals surface area contributed by atoms with Gasteiger partial charge in [0.2, 0.25) is 0 Å². The van der Waals surface area contributed by atoms with Crippen molar-refractivity contribution in [3.63, 3.8) is 0 Å². The number of hydrogen-bond acceptors (Lipinski definition) is 2. The van der Waals surface area contributed by atoms with Crippen molar-refractivity contribution in [1.29, 1.82) is 0 Å². The van der Waals surface area contributed by atoms with Gasteiger partial charge >= 0.3 is 0 Å². The quantitative estimate of drug-likeness (QED) is 0.178. The summed E-state index contributed by atoms with van der Waals surface area (Å²) in [5, 5.41) is 0. The van der Waals surface area contributed by atoms with E-state index in [0.29, 0.717) is 0 Å². The van der Waals surface area contributed by atoms with Crippen molar-refractivity contribution in [1.82, 2.24) is 0 Å². The molecule has 0 saturated heterocycles. The third kappa shape index (κ3) is 12.3. The summed E-state index contributed by atoms with van der Waals surface area (Å²) in [6.07, 6.45) is 34.4. The van der Waals surface area contributed by atoms with Crippen LogP contribution < -0.4 is 0 Å². The van der Waals surface area contributed by atoms with Crippen LogP contribution in [0.2, 0.25) is 0 Å². The van der Waals surface area contributed by atoms with E-state index in [1.54, 1.807) is 23.5 Å². The summed E-state index contributed by atoms with van der Waals surface area (Å²) in [5.41, 5.74) is 12.8. The van der Waals surface area contributed by atoms with Gasteiger partial charge in [-0.2, -0.15) is 0 Å². The molecule has 0 unspecified atom stereocenters. The van der Waals surface area contributed by atoms with Gasteiger partial charge in [-0.3, -0.25) is 0 Å². The average Bonchev–Trinajstić information content (AvgIpc) is 2.94. The molecule has 0 saturated carbocycles. The van der Waals surface area contributed by atoms with Gasteiger partial charge < -0.3 is 0 Å². The number of allylic oxidation sites excluding steroid dienone is 16. The number of hydrogen-bond donors (Lipinski definition) is 0. The van der Waals surface area contributed by atoms with Crippen LogP contribution >= 0.6 is 23.5 Å². The number of benzene rings is 2. The smallest absolute Gasteiger partial charge is 0.00748 e. The Morgan fingerprint density at radius 3 is 1.05 bits per heavy atom. The number of aryl methyl sites for hydroxylation is 4. The lowest BCUT2D eigenvalue weighted by atomic mass is 10.0. The Balaban J connectivity index is 1.91. The Hall–Kier alpha value is -3.20. The zero-order chi connectivity index (χ0) is 31.1. The Bertz CT molecular complexity index is 1330. The standard InChI is InChI=1S/C40H48S2/c1-29(17-13-19-31(3)21-23-39-33(5)25-37(41-9)26-34(39)6)15-11-12-16-30(2)18-14-20-32(4)22-24-40-35(7)27-38(42-10)28-36(40)8/h11-28H,1-10H3/b12-11+,17-13+,18-14+,23-21+,24-22+,29-15+,30-16+,31-19+,32-20+. The molecule has 0 spiro atoms. The van der Waals surface area contributed by atoms with Gasteiger partial charge in [0, 0.05) is 9.79 Å². The first-order valence-corrected chi connectivity index (χ1v) is 16.9. The molecule has 0 nitrogen and oxygen atoms in total. The maximum Gasteiger partial charge on any atom is 0.00748 e. The number of thioether (sulfide) groups is 2. The van der Waals surface area contributed by atoms with Crippen molar-refractivity contribution in [2.45, 2.75) is 65.2 Å². The lowest BCUT2D eigenvalue weighted by molar-refractivity contribution is 1.28. The molecule has 0 radical (unpaired) electrons. The highest BCUT2D eigenvalue weighted by molar-refractivity contribution is 7.98. The molecule has 0 N–H and O–H groups in total. The van der Waals surface area contributed by atoms with Crippen LogP contribution in [0.5, 0.6) is 0 Å². The lowest BCUT2D eigenvalue weighted by Crippen LogP contribution is -1.87. The molecule has 0 atom stereocenters. The van der Waals surface area contributed by atoms with E-state index >= 15 is 0 Å². The third-order valence-corrected chi connectivity index (χ3v) is 8.31. The highest BCUT2D eigenvalue weighted by Crippen LogP contribution is 2.25. The maximum absolute atomic E-state index is 2.26. The van der Waals surface area contributed by atoms with Gasteiger partial charge in [0.05, 0.1) is 0 Å². The van der Waals surface area contributed by atoms with Gasteiger partial charge in [-0.05, 0) is 126 Å².